The van der Waals surface area contributed by atoms with Gasteiger partial charge in [-0.15, -0.1) is 0 Å². The smallest absolute Gasteiger partial charge is 0.264 e. The lowest BCUT2D eigenvalue weighted by Crippen LogP contribution is -2.25. The fourth-order valence-corrected chi connectivity index (χ4v) is 1.89. The summed E-state index contributed by atoms with van der Waals surface area (Å²) in [5, 5.41) is 9.23. The van der Waals surface area contributed by atoms with Crippen molar-refractivity contribution < 1.29 is 9.53 Å². The summed E-state index contributed by atoms with van der Waals surface area (Å²) in [6.07, 6.45) is 0. The summed E-state index contributed by atoms with van der Waals surface area (Å²) in [5.41, 5.74) is 1.40. The van der Waals surface area contributed by atoms with Crippen LogP contribution >= 0.6 is 12.2 Å². The molecule has 0 aliphatic carbocycles. The Hall–Kier alpha value is -2.71. The molecule has 0 fully saturated rings. The molecule has 0 atom stereocenters. The van der Waals surface area contributed by atoms with Gasteiger partial charge in [0.15, 0.2) is 5.78 Å². The highest BCUT2D eigenvalue weighted by atomic mass is 32.1. The van der Waals surface area contributed by atoms with Crippen molar-refractivity contribution in [3.8, 4) is 11.8 Å². The number of rotatable bonds is 3. The van der Waals surface area contributed by atoms with Gasteiger partial charge in [0.05, 0.1) is 11.6 Å². The maximum atomic E-state index is 12.5. The zero-order valence-electron chi connectivity index (χ0n) is 12.2. The Balaban J connectivity index is 2.27. The Kier molecular flexibility index (Phi) is 4.87. The van der Waals surface area contributed by atoms with Crippen molar-refractivity contribution in [1.82, 2.24) is 4.90 Å². The Morgan fingerprint density at radius 2 is 1.77 bits per heavy atom. The second kappa shape index (κ2) is 6.83. The average Bonchev–Trinajstić information content (AvgIpc) is 2.54. The van der Waals surface area contributed by atoms with Crippen molar-refractivity contribution in [2.45, 2.75) is 0 Å². The van der Waals surface area contributed by atoms with E-state index in [-0.39, 0.29) is 5.78 Å². The van der Waals surface area contributed by atoms with Gasteiger partial charge in [-0.25, -0.2) is 0 Å². The second-order valence-electron chi connectivity index (χ2n) is 4.81. The van der Waals surface area contributed by atoms with Gasteiger partial charge in [0.1, 0.15) is 5.75 Å². The molecule has 5 heteroatoms. The Morgan fingerprint density at radius 3 is 2.41 bits per heavy atom. The quantitative estimate of drug-likeness (QED) is 0.644. The number of nitrogens with zero attached hydrogens (tertiary/aromatic N) is 2. The number of carbonyl (C=O) groups excluding carboxylic acids is 1. The average molecular weight is 310 g/mol. The van der Waals surface area contributed by atoms with Crippen LogP contribution in [-0.4, -0.2) is 30.0 Å². The molecule has 0 aliphatic heterocycles. The molecule has 4 nitrogen and oxygen atoms in total. The van der Waals surface area contributed by atoms with Gasteiger partial charge in [0.25, 0.3) is 5.17 Å². The molecule has 0 aliphatic rings. The highest BCUT2D eigenvalue weighted by molar-refractivity contribution is 7.80. The molecule has 0 amide bonds. The maximum absolute atomic E-state index is 12.5. The zero-order valence-corrected chi connectivity index (χ0v) is 13.1. The van der Waals surface area contributed by atoms with Crippen molar-refractivity contribution in [1.29, 1.82) is 5.26 Å². The first-order chi connectivity index (χ1) is 10.5. The number of nitriles is 1. The topological polar surface area (TPSA) is 53.3 Å². The zero-order chi connectivity index (χ0) is 16.1. The van der Waals surface area contributed by atoms with Crippen LogP contribution < -0.4 is 4.74 Å². The Labute approximate surface area is 134 Å². The van der Waals surface area contributed by atoms with Gasteiger partial charge in [-0.1, -0.05) is 24.3 Å². The van der Waals surface area contributed by atoms with Crippen LogP contribution in [0.3, 0.4) is 0 Å². The number of hydrogen-bond acceptors (Lipinski definition) is 4. The first-order valence-corrected chi connectivity index (χ1v) is 6.96. The summed E-state index contributed by atoms with van der Waals surface area (Å²) in [6.45, 7) is 0. The van der Waals surface area contributed by atoms with E-state index in [4.69, 9.17) is 22.2 Å². The highest BCUT2D eigenvalue weighted by Crippen LogP contribution is 2.18. The highest BCUT2D eigenvalue weighted by Gasteiger charge is 2.11. The van der Waals surface area contributed by atoms with Crippen molar-refractivity contribution in [3.63, 3.8) is 0 Å². The fourth-order valence-electron chi connectivity index (χ4n) is 1.79. The molecular formula is C17H14N2O2S. The predicted octanol–water partition coefficient (Wildman–Crippen LogP) is 3.01. The van der Waals surface area contributed by atoms with E-state index >= 15 is 0 Å². The maximum Gasteiger partial charge on any atom is 0.264 e. The number of carbonyl (C=O) groups is 1. The van der Waals surface area contributed by atoms with Gasteiger partial charge in [0, 0.05) is 25.2 Å². The van der Waals surface area contributed by atoms with Crippen LogP contribution in [0.15, 0.2) is 48.5 Å². The summed E-state index contributed by atoms with van der Waals surface area (Å²) in [5.74, 6) is 0.333. The van der Waals surface area contributed by atoms with Crippen LogP contribution in [-0.2, 0) is 0 Å². The molecule has 110 valence electrons. The number of hydrogen-bond donors (Lipinski definition) is 0. The molecule has 0 saturated heterocycles. The number of ether oxygens (including phenoxy) is 1. The van der Waals surface area contributed by atoms with Gasteiger partial charge < -0.3 is 9.64 Å². The van der Waals surface area contributed by atoms with Gasteiger partial charge in [-0.3, -0.25) is 4.79 Å². The van der Waals surface area contributed by atoms with Crippen molar-refractivity contribution in [3.05, 3.63) is 65.2 Å². The lowest BCUT2D eigenvalue weighted by Gasteiger charge is -2.14. The molecule has 0 aromatic heterocycles. The molecule has 2 aromatic carbocycles. The molecule has 0 saturated carbocycles. The van der Waals surface area contributed by atoms with Crippen LogP contribution in [0.25, 0.3) is 0 Å². The van der Waals surface area contributed by atoms with Crippen molar-refractivity contribution in [2.24, 2.45) is 0 Å². The lowest BCUT2D eigenvalue weighted by atomic mass is 10.0. The minimum Gasteiger partial charge on any atom is -0.432 e. The van der Waals surface area contributed by atoms with Crippen LogP contribution in [0.5, 0.6) is 5.75 Å². The van der Waals surface area contributed by atoms with Crippen LogP contribution in [0.4, 0.5) is 0 Å². The van der Waals surface area contributed by atoms with Crippen LogP contribution in [0.2, 0.25) is 0 Å². The fraction of sp³-hybridized carbons (Fsp3) is 0.118. The van der Waals surface area contributed by atoms with E-state index in [1.807, 2.05) is 6.07 Å². The third-order valence-corrected chi connectivity index (χ3v) is 3.37. The lowest BCUT2D eigenvalue weighted by molar-refractivity contribution is 0.103. The summed E-state index contributed by atoms with van der Waals surface area (Å²) in [6, 6.07) is 15.4. The summed E-state index contributed by atoms with van der Waals surface area (Å²) >= 11 is 5.08. The first kappa shape index (κ1) is 15.7. The summed E-state index contributed by atoms with van der Waals surface area (Å²) < 4.78 is 5.50. The van der Waals surface area contributed by atoms with E-state index in [1.54, 1.807) is 67.5 Å². The molecule has 22 heavy (non-hydrogen) atoms. The standard InChI is InChI=1S/C17H14N2O2S/c1-19(2)17(22)21-15-8-4-7-14(10-15)16(20)13-6-3-5-12(9-13)11-18/h3-10H,1-2H3. The van der Waals surface area contributed by atoms with Crippen LogP contribution in [0, 0.1) is 11.3 Å². The first-order valence-electron chi connectivity index (χ1n) is 6.55. The van der Waals surface area contributed by atoms with Crippen molar-refractivity contribution in [2.75, 3.05) is 14.1 Å². The van der Waals surface area contributed by atoms with E-state index in [0.717, 1.165) is 0 Å². The van der Waals surface area contributed by atoms with E-state index in [9.17, 15) is 4.79 Å². The summed E-state index contributed by atoms with van der Waals surface area (Å²) in [7, 11) is 3.56. The molecule has 0 bridgehead atoms. The molecular weight excluding hydrogens is 296 g/mol. The second-order valence-corrected chi connectivity index (χ2v) is 5.16. The van der Waals surface area contributed by atoms with Gasteiger partial charge in [0.2, 0.25) is 0 Å². The molecule has 2 aromatic rings. The van der Waals surface area contributed by atoms with Gasteiger partial charge in [-0.05, 0) is 36.5 Å². The van der Waals surface area contributed by atoms with E-state index in [0.29, 0.717) is 27.6 Å². The molecule has 0 N–H and O–H groups in total. The number of ketones is 1. The minimum atomic E-state index is -0.168. The third kappa shape index (κ3) is 3.68. The molecule has 0 heterocycles. The minimum absolute atomic E-state index is 0.168. The monoisotopic (exact) mass is 310 g/mol. The number of thiocarbonyl (C=S) groups is 1. The third-order valence-electron chi connectivity index (χ3n) is 2.92. The van der Waals surface area contributed by atoms with Crippen molar-refractivity contribution >= 4 is 23.2 Å². The Bertz CT molecular complexity index is 763. The van der Waals surface area contributed by atoms with E-state index in [2.05, 4.69) is 0 Å². The molecule has 0 spiro atoms. The van der Waals surface area contributed by atoms with Gasteiger partial charge >= 0.3 is 0 Å². The molecule has 0 radical (unpaired) electrons. The van der Waals surface area contributed by atoms with Gasteiger partial charge in [-0.2, -0.15) is 5.26 Å². The van der Waals surface area contributed by atoms with Crippen LogP contribution in [0.1, 0.15) is 21.5 Å². The predicted molar refractivity (Wildman–Crippen MR) is 87.9 cm³/mol. The number of benzene rings is 2. The van der Waals surface area contributed by atoms with E-state index < -0.39 is 0 Å². The molecule has 2 rings (SSSR count). The van der Waals surface area contributed by atoms with E-state index in [1.165, 1.54) is 0 Å². The Morgan fingerprint density at radius 1 is 1.14 bits per heavy atom. The SMILES string of the molecule is CN(C)C(=S)Oc1cccc(C(=O)c2cccc(C#N)c2)c1. The molecule has 0 unspecified atom stereocenters. The largest absolute Gasteiger partial charge is 0.432 e. The summed E-state index contributed by atoms with van der Waals surface area (Å²) in [4.78, 5) is 14.1. The normalized spacial score (nSPS) is 9.68.